The van der Waals surface area contributed by atoms with Crippen LogP contribution < -0.4 is 16.0 Å². The first-order valence-electron chi connectivity index (χ1n) is 13.8. The van der Waals surface area contributed by atoms with Crippen LogP contribution >= 0.6 is 0 Å². The number of amides is 2. The number of nitrogens with one attached hydrogen (secondary N) is 3. The van der Waals surface area contributed by atoms with E-state index in [2.05, 4.69) is 49.8 Å². The van der Waals surface area contributed by atoms with E-state index >= 15 is 0 Å². The van der Waals surface area contributed by atoms with Crippen LogP contribution in [0.3, 0.4) is 0 Å². The molecule has 0 bridgehead atoms. The fourth-order valence-corrected chi connectivity index (χ4v) is 3.80. The van der Waals surface area contributed by atoms with Gasteiger partial charge in [-0.25, -0.2) is 4.98 Å². The van der Waals surface area contributed by atoms with E-state index in [0.29, 0.717) is 43.3 Å². The number of benzene rings is 1. The minimum absolute atomic E-state index is 0.195. The summed E-state index contributed by atoms with van der Waals surface area (Å²) in [5.74, 6) is 7.06. The molecule has 11 nitrogen and oxygen atoms in total. The SMILES string of the molecule is CCCNc1nc(Nc2ccc3cn(C)nc3c2)ncc1C#CCCCNC(=O)[C@H](C)N(C)C(=O)/C=C/CN(C)C. The zero-order valence-electron chi connectivity index (χ0n) is 24.9. The van der Waals surface area contributed by atoms with Gasteiger partial charge in [0.05, 0.1) is 17.3 Å². The third-order valence-electron chi connectivity index (χ3n) is 6.25. The van der Waals surface area contributed by atoms with Gasteiger partial charge in [0.15, 0.2) is 0 Å². The van der Waals surface area contributed by atoms with Crippen LogP contribution in [0.2, 0.25) is 0 Å². The second-order valence-electron chi connectivity index (χ2n) is 10.1. The summed E-state index contributed by atoms with van der Waals surface area (Å²) in [6.07, 6.45) is 9.18. The van der Waals surface area contributed by atoms with Gasteiger partial charge < -0.3 is 25.8 Å². The maximum atomic E-state index is 12.5. The number of rotatable bonds is 13. The molecule has 0 aliphatic carbocycles. The molecular formula is C30H41N9O2. The molecule has 0 saturated heterocycles. The molecule has 3 N–H and O–H groups in total. The number of hydrogen-bond donors (Lipinski definition) is 3. The van der Waals surface area contributed by atoms with E-state index in [9.17, 15) is 9.59 Å². The van der Waals surface area contributed by atoms with Crippen molar-refractivity contribution in [2.24, 2.45) is 7.05 Å². The van der Waals surface area contributed by atoms with Gasteiger partial charge in [0.25, 0.3) is 0 Å². The summed E-state index contributed by atoms with van der Waals surface area (Å²) in [5.41, 5.74) is 2.46. The number of unbranched alkanes of at least 4 members (excludes halogenated alkanes) is 1. The third kappa shape index (κ3) is 9.61. The first-order valence-corrected chi connectivity index (χ1v) is 13.8. The fraction of sp³-hybridized carbons (Fsp3) is 0.433. The molecule has 3 rings (SSSR count). The van der Waals surface area contributed by atoms with Crippen molar-refractivity contribution in [3.05, 3.63) is 48.3 Å². The minimum atomic E-state index is -0.570. The summed E-state index contributed by atoms with van der Waals surface area (Å²) in [6.45, 7) is 5.70. The number of nitrogens with zero attached hydrogens (tertiary/aromatic N) is 6. The lowest BCUT2D eigenvalue weighted by Crippen LogP contribution is -2.45. The van der Waals surface area contributed by atoms with Crippen LogP contribution in [0.4, 0.5) is 17.5 Å². The Kier molecular flexibility index (Phi) is 11.7. The van der Waals surface area contributed by atoms with Crippen LogP contribution in [0, 0.1) is 11.8 Å². The normalized spacial score (nSPS) is 11.8. The summed E-state index contributed by atoms with van der Waals surface area (Å²) >= 11 is 0. The molecule has 0 spiro atoms. The van der Waals surface area contributed by atoms with Gasteiger partial charge in [-0.1, -0.05) is 24.8 Å². The first-order chi connectivity index (χ1) is 19.7. The molecule has 1 atom stereocenters. The minimum Gasteiger partial charge on any atom is -0.369 e. The third-order valence-corrected chi connectivity index (χ3v) is 6.25. The van der Waals surface area contributed by atoms with Gasteiger partial charge in [-0.2, -0.15) is 10.1 Å². The Morgan fingerprint density at radius 2 is 2.00 bits per heavy atom. The summed E-state index contributed by atoms with van der Waals surface area (Å²) < 4.78 is 1.79. The number of fused-ring (bicyclic) bond motifs is 1. The molecule has 0 saturated carbocycles. The van der Waals surface area contributed by atoms with Crippen molar-refractivity contribution < 1.29 is 9.59 Å². The summed E-state index contributed by atoms with van der Waals surface area (Å²) in [4.78, 5) is 37.3. The summed E-state index contributed by atoms with van der Waals surface area (Å²) in [5, 5.41) is 15.0. The molecule has 218 valence electrons. The number of aromatic nitrogens is 4. The molecule has 0 fully saturated rings. The summed E-state index contributed by atoms with van der Waals surface area (Å²) in [6, 6.07) is 5.37. The van der Waals surface area contributed by atoms with E-state index in [-0.39, 0.29) is 11.8 Å². The standard InChI is InChI=1S/C30H41N9O2/c1-7-16-31-28-23(20-33-30(35-28)34-25-15-14-24-21-38(5)36-26(24)19-25)12-9-8-10-17-32-29(41)22(2)39(6)27(40)13-11-18-37(3)4/h11,13-15,19-22H,7-8,10,16-18H2,1-6H3,(H,32,41)(H2,31,33,34,35)/b13-11+/t22-/m0/s1. The number of anilines is 3. The van der Waals surface area contributed by atoms with Crippen LogP contribution in [0.25, 0.3) is 10.9 Å². The van der Waals surface area contributed by atoms with E-state index in [4.69, 9.17) is 0 Å². The Bertz CT molecular complexity index is 1420. The Morgan fingerprint density at radius 3 is 2.76 bits per heavy atom. The number of carbonyl (C=O) groups excluding carboxylic acids is 2. The average Bonchev–Trinajstić information content (AvgIpc) is 3.32. The molecule has 0 aliphatic rings. The number of hydrogen-bond acceptors (Lipinski definition) is 8. The van der Waals surface area contributed by atoms with E-state index in [0.717, 1.165) is 29.6 Å². The monoisotopic (exact) mass is 559 g/mol. The molecule has 1 aromatic carbocycles. The van der Waals surface area contributed by atoms with Gasteiger partial charge in [-0.3, -0.25) is 14.3 Å². The molecule has 0 unspecified atom stereocenters. The van der Waals surface area contributed by atoms with Crippen LogP contribution in [0.1, 0.15) is 38.7 Å². The fourth-order valence-electron chi connectivity index (χ4n) is 3.80. The van der Waals surface area contributed by atoms with E-state index in [1.807, 2.05) is 50.4 Å². The van der Waals surface area contributed by atoms with Gasteiger partial charge in [0.2, 0.25) is 17.8 Å². The van der Waals surface area contributed by atoms with Gasteiger partial charge in [0.1, 0.15) is 11.9 Å². The first kappa shape index (κ1) is 31.1. The van der Waals surface area contributed by atoms with E-state index in [1.54, 1.807) is 30.9 Å². The number of aryl methyl sites for hydroxylation is 1. The topological polar surface area (TPSA) is 120 Å². The highest BCUT2D eigenvalue weighted by atomic mass is 16.2. The lowest BCUT2D eigenvalue weighted by Gasteiger charge is -2.23. The maximum absolute atomic E-state index is 12.5. The second-order valence-corrected chi connectivity index (χ2v) is 10.1. The van der Waals surface area contributed by atoms with Crippen LogP contribution in [0.15, 0.2) is 42.7 Å². The molecule has 3 aromatic rings. The highest BCUT2D eigenvalue weighted by molar-refractivity contribution is 5.92. The molecule has 2 amide bonds. The summed E-state index contributed by atoms with van der Waals surface area (Å²) in [7, 11) is 7.38. The predicted molar refractivity (Wildman–Crippen MR) is 164 cm³/mol. The molecule has 41 heavy (non-hydrogen) atoms. The Morgan fingerprint density at radius 1 is 1.20 bits per heavy atom. The lowest BCUT2D eigenvalue weighted by molar-refractivity contribution is -0.135. The van der Waals surface area contributed by atoms with E-state index in [1.165, 1.54) is 11.0 Å². The Balaban J connectivity index is 1.52. The zero-order chi connectivity index (χ0) is 29.8. The van der Waals surface area contributed by atoms with Crippen LogP contribution in [-0.2, 0) is 16.6 Å². The second kappa shape index (κ2) is 15.4. The number of carbonyl (C=O) groups is 2. The van der Waals surface area contributed by atoms with Crippen molar-refractivity contribution in [3.8, 4) is 11.8 Å². The van der Waals surface area contributed by atoms with Crippen LogP contribution in [-0.4, -0.2) is 88.2 Å². The van der Waals surface area contributed by atoms with Gasteiger partial charge >= 0.3 is 0 Å². The molecule has 0 radical (unpaired) electrons. The van der Waals surface area contributed by atoms with Gasteiger partial charge in [-0.05, 0) is 52.1 Å². The van der Waals surface area contributed by atoms with Crippen molar-refractivity contribution in [2.75, 3.05) is 51.4 Å². The molecule has 2 aromatic heterocycles. The lowest BCUT2D eigenvalue weighted by atomic mass is 10.2. The number of likely N-dealkylation sites (N-methyl/N-ethyl adjacent to an activating group) is 2. The quantitative estimate of drug-likeness (QED) is 0.166. The van der Waals surface area contributed by atoms with Crippen molar-refractivity contribution >= 4 is 40.2 Å². The molecule has 2 heterocycles. The Hall–Kier alpha value is -4.43. The van der Waals surface area contributed by atoms with Crippen molar-refractivity contribution in [2.45, 2.75) is 39.2 Å². The molecular weight excluding hydrogens is 518 g/mol. The van der Waals surface area contributed by atoms with Crippen LogP contribution in [0.5, 0.6) is 0 Å². The highest BCUT2D eigenvalue weighted by Gasteiger charge is 2.20. The average molecular weight is 560 g/mol. The van der Waals surface area contributed by atoms with Gasteiger partial charge in [-0.15, -0.1) is 0 Å². The predicted octanol–water partition coefficient (Wildman–Crippen LogP) is 3.14. The molecule has 0 aliphatic heterocycles. The van der Waals surface area contributed by atoms with E-state index < -0.39 is 6.04 Å². The molecule has 11 heteroatoms. The van der Waals surface area contributed by atoms with Crippen molar-refractivity contribution in [1.82, 2.24) is 34.9 Å². The Labute approximate surface area is 242 Å². The highest BCUT2D eigenvalue weighted by Crippen LogP contribution is 2.21. The largest absolute Gasteiger partial charge is 0.369 e. The van der Waals surface area contributed by atoms with Crippen molar-refractivity contribution in [3.63, 3.8) is 0 Å². The smallest absolute Gasteiger partial charge is 0.246 e. The van der Waals surface area contributed by atoms with Crippen molar-refractivity contribution in [1.29, 1.82) is 0 Å². The van der Waals surface area contributed by atoms with Gasteiger partial charge in [0, 0.05) is 63.5 Å². The zero-order valence-corrected chi connectivity index (χ0v) is 24.9. The maximum Gasteiger partial charge on any atom is 0.246 e.